The molecule has 0 fully saturated rings. The molecule has 0 aliphatic carbocycles. The molecule has 2 rings (SSSR count). The summed E-state index contributed by atoms with van der Waals surface area (Å²) >= 11 is 3.67. The van der Waals surface area contributed by atoms with Crippen LogP contribution in [0.4, 0.5) is 0 Å². The SMILES string of the molecule is CCCNC(Cc1c(Br)c(C)nn1CC)c1ccncn1. The normalized spacial score (nSPS) is 12.6. The van der Waals surface area contributed by atoms with Crippen LogP contribution in [0.25, 0.3) is 0 Å². The molecule has 0 aromatic carbocycles. The summed E-state index contributed by atoms with van der Waals surface area (Å²) in [6.07, 6.45) is 5.34. The Labute approximate surface area is 134 Å². The monoisotopic (exact) mass is 351 g/mol. The maximum absolute atomic E-state index is 4.56. The first-order valence-corrected chi connectivity index (χ1v) is 8.17. The maximum atomic E-state index is 4.56. The van der Waals surface area contributed by atoms with E-state index in [9.17, 15) is 0 Å². The van der Waals surface area contributed by atoms with Gasteiger partial charge in [-0.2, -0.15) is 5.10 Å². The Morgan fingerprint density at radius 2 is 2.19 bits per heavy atom. The number of rotatable bonds is 7. The van der Waals surface area contributed by atoms with Gasteiger partial charge in [0.2, 0.25) is 0 Å². The van der Waals surface area contributed by atoms with Gasteiger partial charge >= 0.3 is 0 Å². The van der Waals surface area contributed by atoms with Gasteiger partial charge < -0.3 is 5.32 Å². The molecule has 2 heterocycles. The molecule has 5 nitrogen and oxygen atoms in total. The van der Waals surface area contributed by atoms with E-state index in [0.717, 1.165) is 41.8 Å². The molecular weight excluding hydrogens is 330 g/mol. The fourth-order valence-corrected chi connectivity index (χ4v) is 2.81. The Morgan fingerprint density at radius 3 is 2.81 bits per heavy atom. The third-order valence-corrected chi connectivity index (χ3v) is 4.48. The summed E-state index contributed by atoms with van der Waals surface area (Å²) in [5, 5.41) is 8.13. The van der Waals surface area contributed by atoms with E-state index in [1.165, 1.54) is 5.69 Å². The van der Waals surface area contributed by atoms with Crippen LogP contribution in [0.3, 0.4) is 0 Å². The van der Waals surface area contributed by atoms with Gasteiger partial charge in [-0.15, -0.1) is 0 Å². The summed E-state index contributed by atoms with van der Waals surface area (Å²) in [6, 6.07) is 2.14. The van der Waals surface area contributed by atoms with Crippen LogP contribution in [0.15, 0.2) is 23.1 Å². The standard InChI is InChI=1S/C15H22BrN5/c1-4-7-18-13(12-6-8-17-10-19-12)9-14-15(16)11(3)20-21(14)5-2/h6,8,10,13,18H,4-5,7,9H2,1-3H3. The molecule has 0 saturated heterocycles. The second kappa shape index (κ2) is 7.66. The highest BCUT2D eigenvalue weighted by molar-refractivity contribution is 9.10. The van der Waals surface area contributed by atoms with Crippen LogP contribution in [0.5, 0.6) is 0 Å². The third kappa shape index (κ3) is 3.89. The second-order valence-electron chi connectivity index (χ2n) is 5.01. The number of hydrogen-bond acceptors (Lipinski definition) is 4. The molecule has 0 spiro atoms. The Hall–Kier alpha value is -1.27. The first-order valence-electron chi connectivity index (χ1n) is 7.38. The average molecular weight is 352 g/mol. The number of nitrogens with zero attached hydrogens (tertiary/aromatic N) is 4. The van der Waals surface area contributed by atoms with Crippen LogP contribution >= 0.6 is 15.9 Å². The molecule has 0 aliphatic heterocycles. The van der Waals surface area contributed by atoms with E-state index in [1.807, 2.05) is 13.0 Å². The van der Waals surface area contributed by atoms with Gasteiger partial charge in [0.25, 0.3) is 0 Å². The lowest BCUT2D eigenvalue weighted by Gasteiger charge is -2.18. The first-order chi connectivity index (χ1) is 10.2. The highest BCUT2D eigenvalue weighted by Crippen LogP contribution is 2.26. The number of halogens is 1. The first kappa shape index (κ1) is 16.1. The van der Waals surface area contributed by atoms with Crippen LogP contribution < -0.4 is 5.32 Å². The van der Waals surface area contributed by atoms with Crippen LogP contribution in [0.1, 0.15) is 43.4 Å². The van der Waals surface area contributed by atoms with E-state index in [1.54, 1.807) is 12.5 Å². The molecule has 2 aromatic heterocycles. The molecule has 0 aliphatic rings. The van der Waals surface area contributed by atoms with Gasteiger partial charge in [-0.1, -0.05) is 6.92 Å². The molecule has 0 saturated carbocycles. The largest absolute Gasteiger partial charge is 0.308 e. The van der Waals surface area contributed by atoms with E-state index in [4.69, 9.17) is 0 Å². The molecule has 0 amide bonds. The molecule has 1 unspecified atom stereocenters. The van der Waals surface area contributed by atoms with Crippen LogP contribution in [0.2, 0.25) is 0 Å². The lowest BCUT2D eigenvalue weighted by molar-refractivity contribution is 0.492. The Bertz CT molecular complexity index is 567. The number of hydrogen-bond donors (Lipinski definition) is 1. The van der Waals surface area contributed by atoms with E-state index < -0.39 is 0 Å². The zero-order chi connectivity index (χ0) is 15.2. The topological polar surface area (TPSA) is 55.6 Å². The number of nitrogens with one attached hydrogen (secondary N) is 1. The summed E-state index contributed by atoms with van der Waals surface area (Å²) in [6.45, 7) is 8.14. The highest BCUT2D eigenvalue weighted by Gasteiger charge is 2.19. The van der Waals surface area contributed by atoms with Gasteiger partial charge in [-0.05, 0) is 48.8 Å². The fraction of sp³-hybridized carbons (Fsp3) is 0.533. The maximum Gasteiger partial charge on any atom is 0.115 e. The average Bonchev–Trinajstić information content (AvgIpc) is 2.79. The second-order valence-corrected chi connectivity index (χ2v) is 5.80. The quantitative estimate of drug-likeness (QED) is 0.832. The summed E-state index contributed by atoms with van der Waals surface area (Å²) in [5.41, 5.74) is 3.26. The van der Waals surface area contributed by atoms with Gasteiger partial charge in [0.05, 0.1) is 27.6 Å². The van der Waals surface area contributed by atoms with E-state index in [-0.39, 0.29) is 6.04 Å². The minimum absolute atomic E-state index is 0.172. The minimum Gasteiger partial charge on any atom is -0.308 e. The molecular formula is C15H22BrN5. The lowest BCUT2D eigenvalue weighted by atomic mass is 10.1. The van der Waals surface area contributed by atoms with Crippen molar-refractivity contribution in [2.24, 2.45) is 0 Å². The van der Waals surface area contributed by atoms with E-state index in [2.05, 4.69) is 54.8 Å². The predicted molar refractivity (Wildman–Crippen MR) is 87.1 cm³/mol. The van der Waals surface area contributed by atoms with Crippen molar-refractivity contribution in [3.8, 4) is 0 Å². The number of aromatic nitrogens is 4. The molecule has 6 heteroatoms. The Balaban J connectivity index is 2.27. The fourth-order valence-electron chi connectivity index (χ4n) is 2.36. The predicted octanol–water partition coefficient (Wildman–Crippen LogP) is 3.05. The molecule has 114 valence electrons. The third-order valence-electron chi connectivity index (χ3n) is 3.45. The lowest BCUT2D eigenvalue weighted by Crippen LogP contribution is -2.26. The number of aryl methyl sites for hydroxylation is 2. The summed E-state index contributed by atoms with van der Waals surface area (Å²) in [7, 11) is 0. The summed E-state index contributed by atoms with van der Waals surface area (Å²) in [4.78, 5) is 8.41. The van der Waals surface area contributed by atoms with Crippen molar-refractivity contribution < 1.29 is 0 Å². The van der Waals surface area contributed by atoms with Gasteiger partial charge in [0.1, 0.15) is 6.33 Å². The van der Waals surface area contributed by atoms with Gasteiger partial charge in [-0.25, -0.2) is 9.97 Å². The highest BCUT2D eigenvalue weighted by atomic mass is 79.9. The zero-order valence-corrected chi connectivity index (χ0v) is 14.4. The van der Waals surface area contributed by atoms with E-state index >= 15 is 0 Å². The molecule has 1 N–H and O–H groups in total. The van der Waals surface area contributed by atoms with Crippen LogP contribution in [-0.2, 0) is 13.0 Å². The minimum atomic E-state index is 0.172. The molecule has 0 radical (unpaired) electrons. The molecule has 21 heavy (non-hydrogen) atoms. The van der Waals surface area contributed by atoms with Crippen molar-refractivity contribution in [3.05, 3.63) is 40.1 Å². The van der Waals surface area contributed by atoms with Crippen molar-refractivity contribution in [3.63, 3.8) is 0 Å². The van der Waals surface area contributed by atoms with Crippen molar-refractivity contribution in [2.75, 3.05) is 6.54 Å². The van der Waals surface area contributed by atoms with Crippen molar-refractivity contribution in [2.45, 2.75) is 46.2 Å². The zero-order valence-electron chi connectivity index (χ0n) is 12.8. The smallest absolute Gasteiger partial charge is 0.115 e. The van der Waals surface area contributed by atoms with Crippen LogP contribution in [0, 0.1) is 6.92 Å². The van der Waals surface area contributed by atoms with Crippen molar-refractivity contribution in [1.82, 2.24) is 25.1 Å². The van der Waals surface area contributed by atoms with Crippen molar-refractivity contribution >= 4 is 15.9 Å². The molecule has 1 atom stereocenters. The van der Waals surface area contributed by atoms with Crippen molar-refractivity contribution in [1.29, 1.82) is 0 Å². The Kier molecular flexibility index (Phi) is 5.87. The van der Waals surface area contributed by atoms with Crippen LogP contribution in [-0.4, -0.2) is 26.3 Å². The summed E-state index contributed by atoms with van der Waals surface area (Å²) in [5.74, 6) is 0. The molecule has 2 aromatic rings. The van der Waals surface area contributed by atoms with Gasteiger partial charge in [0.15, 0.2) is 0 Å². The molecule has 0 bridgehead atoms. The van der Waals surface area contributed by atoms with E-state index in [0.29, 0.717) is 0 Å². The Morgan fingerprint density at radius 1 is 1.38 bits per heavy atom. The van der Waals surface area contributed by atoms with Gasteiger partial charge in [0, 0.05) is 19.2 Å². The summed E-state index contributed by atoms with van der Waals surface area (Å²) < 4.78 is 3.16. The van der Waals surface area contributed by atoms with Gasteiger partial charge in [-0.3, -0.25) is 4.68 Å².